The Labute approximate surface area is 62.2 Å². The van der Waals surface area contributed by atoms with E-state index in [1.165, 1.54) is 25.3 Å². The Bertz CT molecular complexity index is 318. The van der Waals surface area contributed by atoms with Gasteiger partial charge in [-0.25, -0.2) is 4.79 Å². The lowest BCUT2D eigenvalue weighted by atomic mass is 10.6. The van der Waals surface area contributed by atoms with E-state index in [9.17, 15) is 9.59 Å². The monoisotopic (exact) mass is 154 g/mol. The van der Waals surface area contributed by atoms with Gasteiger partial charge in [0, 0.05) is 13.0 Å². The van der Waals surface area contributed by atoms with Gasteiger partial charge in [0.05, 0.1) is 6.20 Å². The molecule has 0 saturated carbocycles. The Morgan fingerprint density at radius 1 is 1.73 bits per heavy atom. The maximum Gasteiger partial charge on any atom is 0.332 e. The van der Waals surface area contributed by atoms with E-state index in [2.05, 4.69) is 9.94 Å². The van der Waals surface area contributed by atoms with E-state index in [0.717, 1.165) is 0 Å². The minimum atomic E-state index is -0.578. The van der Waals surface area contributed by atoms with E-state index in [-0.39, 0.29) is 0 Å². The first-order valence-corrected chi connectivity index (χ1v) is 2.93. The summed E-state index contributed by atoms with van der Waals surface area (Å²) < 4.78 is 0. The van der Waals surface area contributed by atoms with Crippen molar-refractivity contribution in [3.63, 3.8) is 0 Å². The Morgan fingerprint density at radius 3 is 3.00 bits per heavy atom. The fourth-order valence-electron chi connectivity index (χ4n) is 0.535. The molecule has 1 rings (SSSR count). The van der Waals surface area contributed by atoms with E-state index in [1.54, 1.807) is 0 Å². The average Bonchev–Trinajstić information content (AvgIpc) is 1.93. The number of rotatable bonds is 1. The van der Waals surface area contributed by atoms with Crippen molar-refractivity contribution >= 4 is 5.97 Å². The standard InChI is InChI=1S/C6H6N2O3/c1-5(9)11-8-6(10)3-2-4-7-8/h2-4H,1H3. The van der Waals surface area contributed by atoms with Crippen LogP contribution < -0.4 is 10.4 Å². The molecule has 1 heterocycles. The Kier molecular flexibility index (Phi) is 2.00. The summed E-state index contributed by atoms with van der Waals surface area (Å²) in [5.41, 5.74) is -0.470. The first-order chi connectivity index (χ1) is 5.20. The fraction of sp³-hybridized carbons (Fsp3) is 0.167. The molecule has 5 heteroatoms. The second-order valence-corrected chi connectivity index (χ2v) is 1.82. The topological polar surface area (TPSA) is 61.2 Å². The Balaban J connectivity index is 2.95. The molecule has 0 aliphatic carbocycles. The lowest BCUT2D eigenvalue weighted by molar-refractivity contribution is -0.143. The van der Waals surface area contributed by atoms with E-state index < -0.39 is 11.5 Å². The summed E-state index contributed by atoms with van der Waals surface area (Å²) in [6.07, 6.45) is 1.35. The van der Waals surface area contributed by atoms with Crippen LogP contribution in [0.3, 0.4) is 0 Å². The highest BCUT2D eigenvalue weighted by atomic mass is 16.7. The van der Waals surface area contributed by atoms with Gasteiger partial charge in [0.25, 0.3) is 0 Å². The van der Waals surface area contributed by atoms with Gasteiger partial charge in [-0.3, -0.25) is 4.79 Å². The van der Waals surface area contributed by atoms with Gasteiger partial charge < -0.3 is 4.84 Å². The summed E-state index contributed by atoms with van der Waals surface area (Å²) in [5.74, 6) is -0.578. The fourth-order valence-corrected chi connectivity index (χ4v) is 0.535. The summed E-state index contributed by atoms with van der Waals surface area (Å²) in [6, 6.07) is 2.71. The number of carbonyl (C=O) groups excluding carboxylic acids is 1. The zero-order valence-electron chi connectivity index (χ0n) is 5.85. The van der Waals surface area contributed by atoms with Gasteiger partial charge in [-0.2, -0.15) is 0 Å². The van der Waals surface area contributed by atoms with Crippen molar-refractivity contribution in [3.8, 4) is 0 Å². The third-order valence-corrected chi connectivity index (χ3v) is 0.900. The molecule has 11 heavy (non-hydrogen) atoms. The largest absolute Gasteiger partial charge is 0.332 e. The highest BCUT2D eigenvalue weighted by molar-refractivity contribution is 5.66. The lowest BCUT2D eigenvalue weighted by Crippen LogP contribution is -2.30. The molecule has 0 atom stereocenters. The van der Waals surface area contributed by atoms with E-state index in [1.807, 2.05) is 0 Å². The maximum absolute atomic E-state index is 10.8. The summed E-state index contributed by atoms with van der Waals surface area (Å²) in [4.78, 5) is 26.1. The lowest BCUT2D eigenvalue weighted by Gasteiger charge is -1.98. The van der Waals surface area contributed by atoms with E-state index in [4.69, 9.17) is 0 Å². The third-order valence-electron chi connectivity index (χ3n) is 0.900. The molecule has 0 fully saturated rings. The number of hydrogen-bond donors (Lipinski definition) is 0. The SMILES string of the molecule is CC(=O)On1ncccc1=O. The van der Waals surface area contributed by atoms with E-state index >= 15 is 0 Å². The predicted molar refractivity (Wildman–Crippen MR) is 35.8 cm³/mol. The summed E-state index contributed by atoms with van der Waals surface area (Å²) >= 11 is 0. The zero-order valence-corrected chi connectivity index (χ0v) is 5.85. The second-order valence-electron chi connectivity index (χ2n) is 1.82. The number of hydrogen-bond acceptors (Lipinski definition) is 4. The van der Waals surface area contributed by atoms with Gasteiger partial charge in [0.1, 0.15) is 0 Å². The van der Waals surface area contributed by atoms with Crippen molar-refractivity contribution in [3.05, 3.63) is 28.7 Å². The molecule has 1 aromatic heterocycles. The molecule has 0 N–H and O–H groups in total. The molecule has 5 nitrogen and oxygen atoms in total. The van der Waals surface area contributed by atoms with Crippen LogP contribution in [0.4, 0.5) is 0 Å². The Morgan fingerprint density at radius 2 is 2.45 bits per heavy atom. The quantitative estimate of drug-likeness (QED) is 0.532. The molecule has 0 spiro atoms. The summed E-state index contributed by atoms with van der Waals surface area (Å²) in [7, 11) is 0. The van der Waals surface area contributed by atoms with Crippen molar-refractivity contribution in [1.82, 2.24) is 9.94 Å². The molecule has 0 radical (unpaired) electrons. The molecule has 0 aromatic carbocycles. The van der Waals surface area contributed by atoms with Crippen LogP contribution in [0.5, 0.6) is 0 Å². The molecule has 0 bridgehead atoms. The number of carbonyl (C=O) groups is 1. The molecule has 58 valence electrons. The van der Waals surface area contributed by atoms with Gasteiger partial charge in [-0.1, -0.05) is 0 Å². The highest BCUT2D eigenvalue weighted by Crippen LogP contribution is 1.71. The third kappa shape index (κ3) is 1.89. The van der Waals surface area contributed by atoms with Crippen LogP contribution >= 0.6 is 0 Å². The Hall–Kier alpha value is -1.65. The first kappa shape index (κ1) is 7.46. The van der Waals surface area contributed by atoms with Crippen LogP contribution in [0, 0.1) is 0 Å². The number of aromatic nitrogens is 2. The van der Waals surface area contributed by atoms with Crippen molar-refractivity contribution in [2.24, 2.45) is 0 Å². The van der Waals surface area contributed by atoms with Crippen LogP contribution in [0.25, 0.3) is 0 Å². The molecular weight excluding hydrogens is 148 g/mol. The average molecular weight is 154 g/mol. The summed E-state index contributed by atoms with van der Waals surface area (Å²) in [5, 5.41) is 3.48. The predicted octanol–water partition coefficient (Wildman–Crippen LogP) is -0.782. The molecule has 0 amide bonds. The molecule has 0 aliphatic rings. The summed E-state index contributed by atoms with van der Waals surface area (Å²) in [6.45, 7) is 1.20. The van der Waals surface area contributed by atoms with Gasteiger partial charge in [0.2, 0.25) is 0 Å². The molecule has 0 unspecified atom stereocenters. The van der Waals surface area contributed by atoms with Crippen molar-refractivity contribution in [2.45, 2.75) is 6.92 Å². The van der Waals surface area contributed by atoms with Crippen LogP contribution in [0.15, 0.2) is 23.1 Å². The smallest absolute Gasteiger partial charge is 0.316 e. The van der Waals surface area contributed by atoms with Gasteiger partial charge >= 0.3 is 11.5 Å². The molecule has 0 aliphatic heterocycles. The minimum absolute atomic E-state index is 0.470. The van der Waals surface area contributed by atoms with Crippen LogP contribution in [0.1, 0.15) is 6.92 Å². The van der Waals surface area contributed by atoms with Crippen LogP contribution in [-0.4, -0.2) is 15.9 Å². The maximum atomic E-state index is 10.8. The highest BCUT2D eigenvalue weighted by Gasteiger charge is 1.97. The van der Waals surface area contributed by atoms with Gasteiger partial charge in [-0.05, 0) is 10.9 Å². The molecule has 1 aromatic rings. The van der Waals surface area contributed by atoms with Gasteiger partial charge in [0.15, 0.2) is 0 Å². The van der Waals surface area contributed by atoms with Crippen molar-refractivity contribution in [2.75, 3.05) is 0 Å². The number of nitrogens with zero attached hydrogens (tertiary/aromatic N) is 2. The van der Waals surface area contributed by atoms with Crippen molar-refractivity contribution in [1.29, 1.82) is 0 Å². The second kappa shape index (κ2) is 2.96. The van der Waals surface area contributed by atoms with Crippen LogP contribution in [-0.2, 0) is 4.79 Å². The normalized spacial score (nSPS) is 9.18. The molecule has 0 saturated heterocycles. The van der Waals surface area contributed by atoms with E-state index in [0.29, 0.717) is 4.85 Å². The van der Waals surface area contributed by atoms with Gasteiger partial charge in [-0.15, -0.1) is 5.10 Å². The van der Waals surface area contributed by atoms with Crippen LogP contribution in [0.2, 0.25) is 0 Å². The molecular formula is C6H6N2O3. The minimum Gasteiger partial charge on any atom is -0.316 e. The zero-order chi connectivity index (χ0) is 8.27. The first-order valence-electron chi connectivity index (χ1n) is 2.93. The van der Waals surface area contributed by atoms with Crippen molar-refractivity contribution < 1.29 is 9.63 Å².